The zero-order valence-electron chi connectivity index (χ0n) is 15.1. The highest BCUT2D eigenvalue weighted by atomic mass is 16.6. The average molecular weight is 404 g/mol. The minimum Gasteiger partial charge on any atom is -0.481 e. The Kier molecular flexibility index (Phi) is 4.13. The molecule has 12 nitrogen and oxygen atoms in total. The largest absolute Gasteiger partial charge is 0.481 e. The van der Waals surface area contributed by atoms with E-state index in [2.05, 4.69) is 15.3 Å². The van der Waals surface area contributed by atoms with E-state index < -0.39 is 48.0 Å². The van der Waals surface area contributed by atoms with E-state index in [4.69, 9.17) is 16.2 Å². The lowest BCUT2D eigenvalue weighted by Gasteiger charge is -2.48. The molecule has 4 rings (SSSR count). The lowest BCUT2D eigenvalue weighted by Crippen LogP contribution is -2.77. The first-order valence-corrected chi connectivity index (χ1v) is 8.81. The number of carboxylic acids is 1. The van der Waals surface area contributed by atoms with Crippen LogP contribution in [0.25, 0.3) is 0 Å². The van der Waals surface area contributed by atoms with Crippen molar-refractivity contribution in [2.45, 2.75) is 36.1 Å². The number of nitrogens with zero attached hydrogens (tertiary/aromatic N) is 3. The van der Waals surface area contributed by atoms with Gasteiger partial charge in [0.05, 0.1) is 24.6 Å². The molecular formula is C17H20N6O6. The van der Waals surface area contributed by atoms with Crippen LogP contribution in [-0.2, 0) is 9.53 Å². The van der Waals surface area contributed by atoms with Gasteiger partial charge in [0.1, 0.15) is 6.04 Å². The standard InChI is InChI=1S/C17H20N6O6/c18-14-21-12-9(6-11(24)25)20-15(19)23-7-10(17(27,28)16(12,23)22-14)29-13(26)8-4-2-1-3-5-8/h1-5,9-10,12,27-28H,6-7H2,(H2,19,20)(H,24,25)(H3,18,21,22)/t9-,10-,12?,16?/m0/s1. The number of carbonyl (C=O) groups is 2. The van der Waals surface area contributed by atoms with Gasteiger partial charge in [0.15, 0.2) is 23.7 Å². The number of ether oxygens (including phenoxy) is 1. The first-order chi connectivity index (χ1) is 13.7. The summed E-state index contributed by atoms with van der Waals surface area (Å²) in [4.78, 5) is 33.3. The van der Waals surface area contributed by atoms with Gasteiger partial charge in [-0.15, -0.1) is 0 Å². The Bertz CT molecular complexity index is 918. The number of aliphatic imine (C=N–C) groups is 2. The van der Waals surface area contributed by atoms with Crippen molar-refractivity contribution in [1.82, 2.24) is 10.2 Å². The number of aliphatic carboxylic acids is 1. The van der Waals surface area contributed by atoms with Gasteiger partial charge in [-0.25, -0.2) is 14.8 Å². The quantitative estimate of drug-likeness (QED) is 0.228. The van der Waals surface area contributed by atoms with Crippen molar-refractivity contribution >= 4 is 23.9 Å². The zero-order chi connectivity index (χ0) is 21.0. The van der Waals surface area contributed by atoms with E-state index in [0.29, 0.717) is 0 Å². The lowest BCUT2D eigenvalue weighted by molar-refractivity contribution is -0.256. The summed E-state index contributed by atoms with van der Waals surface area (Å²) in [7, 11) is 0. The summed E-state index contributed by atoms with van der Waals surface area (Å²) < 4.78 is 5.37. The Morgan fingerprint density at radius 2 is 1.93 bits per heavy atom. The van der Waals surface area contributed by atoms with Crippen molar-refractivity contribution in [3.05, 3.63) is 35.9 Å². The Labute approximate surface area is 164 Å². The van der Waals surface area contributed by atoms with Gasteiger partial charge >= 0.3 is 11.9 Å². The summed E-state index contributed by atoms with van der Waals surface area (Å²) in [5, 5.41) is 34.1. The lowest BCUT2D eigenvalue weighted by atomic mass is 9.84. The number of guanidine groups is 2. The summed E-state index contributed by atoms with van der Waals surface area (Å²) in [6.45, 7) is -0.215. The van der Waals surface area contributed by atoms with Crippen LogP contribution in [0.5, 0.6) is 0 Å². The van der Waals surface area contributed by atoms with Crippen LogP contribution in [0.2, 0.25) is 0 Å². The number of rotatable bonds is 4. The van der Waals surface area contributed by atoms with Gasteiger partial charge in [-0.3, -0.25) is 4.79 Å². The molecule has 29 heavy (non-hydrogen) atoms. The van der Waals surface area contributed by atoms with Crippen LogP contribution in [0.3, 0.4) is 0 Å². The molecule has 2 unspecified atom stereocenters. The molecule has 0 radical (unpaired) electrons. The third kappa shape index (κ3) is 2.68. The topological polar surface area (TPSA) is 196 Å². The number of hydrogen-bond acceptors (Lipinski definition) is 11. The van der Waals surface area contributed by atoms with E-state index in [1.165, 1.54) is 17.0 Å². The number of carboxylic acid groups (broad SMARTS) is 1. The molecule has 3 aliphatic heterocycles. The fraction of sp³-hybridized carbons (Fsp3) is 0.412. The third-order valence-corrected chi connectivity index (χ3v) is 5.39. The maximum Gasteiger partial charge on any atom is 0.338 e. The molecule has 0 aliphatic carbocycles. The Morgan fingerprint density at radius 3 is 2.59 bits per heavy atom. The van der Waals surface area contributed by atoms with Gasteiger partial charge in [-0.1, -0.05) is 18.2 Å². The molecule has 12 heteroatoms. The van der Waals surface area contributed by atoms with Crippen molar-refractivity contribution in [3.63, 3.8) is 0 Å². The molecule has 0 amide bonds. The molecule has 8 N–H and O–H groups in total. The summed E-state index contributed by atoms with van der Waals surface area (Å²) in [5.74, 6) is -4.91. The Balaban J connectivity index is 1.70. The first-order valence-electron chi connectivity index (χ1n) is 8.81. The van der Waals surface area contributed by atoms with Crippen LogP contribution < -0.4 is 16.8 Å². The third-order valence-electron chi connectivity index (χ3n) is 5.39. The van der Waals surface area contributed by atoms with E-state index in [1.54, 1.807) is 18.2 Å². The first kappa shape index (κ1) is 19.0. The van der Waals surface area contributed by atoms with Gasteiger partial charge < -0.3 is 41.7 Å². The molecule has 1 fully saturated rings. The monoisotopic (exact) mass is 404 g/mol. The van der Waals surface area contributed by atoms with Crippen LogP contribution in [-0.4, -0.2) is 80.3 Å². The molecule has 0 saturated carbocycles. The molecule has 3 heterocycles. The van der Waals surface area contributed by atoms with E-state index in [-0.39, 0.29) is 24.0 Å². The molecule has 1 saturated heterocycles. The predicted molar refractivity (Wildman–Crippen MR) is 98.5 cm³/mol. The van der Waals surface area contributed by atoms with Crippen LogP contribution in [0.1, 0.15) is 16.8 Å². The second-order valence-electron chi connectivity index (χ2n) is 7.10. The fourth-order valence-electron chi connectivity index (χ4n) is 4.14. The highest BCUT2D eigenvalue weighted by Crippen LogP contribution is 2.46. The molecule has 0 bridgehead atoms. The minimum atomic E-state index is -2.70. The van der Waals surface area contributed by atoms with Crippen LogP contribution in [0.15, 0.2) is 40.3 Å². The van der Waals surface area contributed by atoms with Crippen LogP contribution >= 0.6 is 0 Å². The molecular weight excluding hydrogens is 384 g/mol. The van der Waals surface area contributed by atoms with E-state index in [1.807, 2.05) is 0 Å². The Morgan fingerprint density at radius 1 is 1.24 bits per heavy atom. The maximum absolute atomic E-state index is 12.5. The summed E-state index contributed by atoms with van der Waals surface area (Å²) in [6.07, 6.45) is -1.90. The highest BCUT2D eigenvalue weighted by Gasteiger charge is 2.74. The molecule has 0 aromatic heterocycles. The van der Waals surface area contributed by atoms with Crippen molar-refractivity contribution < 1.29 is 29.6 Å². The van der Waals surface area contributed by atoms with E-state index in [9.17, 15) is 24.9 Å². The molecule has 1 aromatic rings. The fourth-order valence-corrected chi connectivity index (χ4v) is 4.14. The van der Waals surface area contributed by atoms with Crippen LogP contribution in [0, 0.1) is 0 Å². The summed E-state index contributed by atoms with van der Waals surface area (Å²) in [6, 6.07) is 5.97. The molecule has 1 spiro atoms. The predicted octanol–water partition coefficient (Wildman–Crippen LogP) is -2.64. The zero-order valence-corrected chi connectivity index (χ0v) is 15.1. The minimum absolute atomic E-state index is 0.136. The smallest absolute Gasteiger partial charge is 0.338 e. The number of nitrogens with one attached hydrogen (secondary N) is 1. The second-order valence-corrected chi connectivity index (χ2v) is 7.10. The maximum atomic E-state index is 12.5. The number of carbonyl (C=O) groups excluding carboxylic acids is 1. The Hall–Kier alpha value is -3.38. The highest BCUT2D eigenvalue weighted by molar-refractivity contribution is 5.90. The number of aliphatic hydroxyl groups is 2. The normalized spacial score (nSPS) is 31.8. The van der Waals surface area contributed by atoms with Gasteiger partial charge in [0, 0.05) is 0 Å². The molecule has 154 valence electrons. The van der Waals surface area contributed by atoms with Crippen molar-refractivity contribution in [3.8, 4) is 0 Å². The molecule has 1 aromatic carbocycles. The second kappa shape index (κ2) is 6.32. The van der Waals surface area contributed by atoms with E-state index >= 15 is 0 Å². The van der Waals surface area contributed by atoms with Crippen molar-refractivity contribution in [2.24, 2.45) is 21.5 Å². The van der Waals surface area contributed by atoms with Gasteiger partial charge in [-0.05, 0) is 12.1 Å². The average Bonchev–Trinajstić information content (AvgIpc) is 3.12. The van der Waals surface area contributed by atoms with Gasteiger partial charge in [0.25, 0.3) is 0 Å². The van der Waals surface area contributed by atoms with Gasteiger partial charge in [-0.2, -0.15) is 0 Å². The van der Waals surface area contributed by atoms with Crippen LogP contribution in [0.4, 0.5) is 0 Å². The molecule has 3 aliphatic rings. The number of hydrogen-bond donors (Lipinski definition) is 6. The van der Waals surface area contributed by atoms with Gasteiger partial charge in [0.2, 0.25) is 5.79 Å². The summed E-state index contributed by atoms with van der Waals surface area (Å²) in [5.41, 5.74) is 10.2. The van der Waals surface area contributed by atoms with E-state index in [0.717, 1.165) is 0 Å². The number of benzene rings is 1. The van der Waals surface area contributed by atoms with Crippen molar-refractivity contribution in [2.75, 3.05) is 6.54 Å². The number of nitrogens with two attached hydrogens (primary N) is 2. The van der Waals surface area contributed by atoms with Crippen molar-refractivity contribution in [1.29, 1.82) is 0 Å². The SMILES string of the molecule is NC1=NC2[C@H](CC(=O)O)N=C(N)N3C[C@H](OC(=O)c4ccccc4)C(O)(O)C23N1. The number of esters is 1. The summed E-state index contributed by atoms with van der Waals surface area (Å²) >= 11 is 0. The molecule has 4 atom stereocenters.